The summed E-state index contributed by atoms with van der Waals surface area (Å²) in [5.41, 5.74) is 0.789. The van der Waals surface area contributed by atoms with Crippen LogP contribution in [0.2, 0.25) is 0 Å². The smallest absolute Gasteiger partial charge is 0.246 e. The summed E-state index contributed by atoms with van der Waals surface area (Å²) < 4.78 is 0. The molecule has 0 bridgehead atoms. The van der Waals surface area contributed by atoms with Crippen molar-refractivity contribution < 1.29 is 4.79 Å². The predicted octanol–water partition coefficient (Wildman–Crippen LogP) is 2.52. The van der Waals surface area contributed by atoms with Crippen molar-refractivity contribution in [1.82, 2.24) is 4.98 Å². The van der Waals surface area contributed by atoms with Gasteiger partial charge in [0.2, 0.25) is 5.91 Å². The Morgan fingerprint density at radius 3 is 2.50 bits per heavy atom. The molecule has 1 aromatic heterocycles. The largest absolute Gasteiger partial charge is 0.359 e. The van der Waals surface area contributed by atoms with E-state index in [0.717, 1.165) is 5.69 Å². The summed E-state index contributed by atoms with van der Waals surface area (Å²) in [6.45, 7) is 1.80. The molecule has 0 aliphatic carbocycles. The van der Waals surface area contributed by atoms with Gasteiger partial charge in [-0.3, -0.25) is 4.79 Å². The van der Waals surface area contributed by atoms with Gasteiger partial charge >= 0.3 is 0 Å². The van der Waals surface area contributed by atoms with Gasteiger partial charge in [-0.25, -0.2) is 4.98 Å². The first-order chi connectivity index (χ1) is 8.75. The fourth-order valence-electron chi connectivity index (χ4n) is 1.51. The lowest BCUT2D eigenvalue weighted by atomic mass is 10.2. The Bertz CT molecular complexity index is 499. The molecule has 92 valence electrons. The van der Waals surface area contributed by atoms with Gasteiger partial charge in [0.15, 0.2) is 0 Å². The predicted molar refractivity (Wildman–Crippen MR) is 72.4 cm³/mol. The van der Waals surface area contributed by atoms with E-state index < -0.39 is 0 Å². The number of hydrogen-bond acceptors (Lipinski definition) is 3. The molecular weight excluding hydrogens is 226 g/mol. The number of nitrogens with one attached hydrogen (secondary N) is 2. The highest BCUT2D eigenvalue weighted by molar-refractivity contribution is 5.96. The maximum Gasteiger partial charge on any atom is 0.246 e. The Morgan fingerprint density at radius 2 is 1.83 bits per heavy atom. The minimum absolute atomic E-state index is 0.0909. The van der Waals surface area contributed by atoms with E-state index in [9.17, 15) is 4.79 Å². The zero-order valence-corrected chi connectivity index (χ0v) is 10.1. The lowest BCUT2D eigenvalue weighted by Crippen LogP contribution is -2.32. The first-order valence-electron chi connectivity index (χ1n) is 5.79. The molecule has 18 heavy (non-hydrogen) atoms. The Morgan fingerprint density at radius 1 is 1.11 bits per heavy atom. The van der Waals surface area contributed by atoms with Crippen LogP contribution >= 0.6 is 0 Å². The average Bonchev–Trinajstić information content (AvgIpc) is 2.41. The van der Waals surface area contributed by atoms with Crippen molar-refractivity contribution in [2.45, 2.75) is 13.0 Å². The molecule has 2 N–H and O–H groups in total. The number of rotatable bonds is 4. The van der Waals surface area contributed by atoms with Crippen LogP contribution in [0.25, 0.3) is 0 Å². The van der Waals surface area contributed by atoms with Gasteiger partial charge < -0.3 is 10.6 Å². The van der Waals surface area contributed by atoms with E-state index in [1.165, 1.54) is 0 Å². The Hall–Kier alpha value is -2.36. The molecule has 4 heteroatoms. The Labute approximate surface area is 106 Å². The third-order valence-electron chi connectivity index (χ3n) is 2.46. The van der Waals surface area contributed by atoms with Crippen LogP contribution in [0.5, 0.6) is 0 Å². The van der Waals surface area contributed by atoms with Gasteiger partial charge in [-0.1, -0.05) is 24.3 Å². The van der Waals surface area contributed by atoms with Gasteiger partial charge in [-0.05, 0) is 31.2 Å². The number of aromatic nitrogens is 1. The summed E-state index contributed by atoms with van der Waals surface area (Å²) in [5.74, 6) is 0.597. The molecule has 1 unspecified atom stereocenters. The van der Waals surface area contributed by atoms with E-state index in [1.807, 2.05) is 48.5 Å². The molecule has 1 aromatic carbocycles. The molecule has 0 aliphatic rings. The van der Waals surface area contributed by atoms with Crippen molar-refractivity contribution in [3.8, 4) is 0 Å². The summed E-state index contributed by atoms with van der Waals surface area (Å²) in [6, 6.07) is 14.6. The average molecular weight is 241 g/mol. The first-order valence-corrected chi connectivity index (χ1v) is 5.79. The van der Waals surface area contributed by atoms with Gasteiger partial charge in [0.1, 0.15) is 11.9 Å². The molecule has 2 rings (SSSR count). The summed E-state index contributed by atoms with van der Waals surface area (Å²) in [7, 11) is 0. The maximum atomic E-state index is 11.9. The van der Waals surface area contributed by atoms with E-state index in [-0.39, 0.29) is 11.9 Å². The topological polar surface area (TPSA) is 54.0 Å². The molecule has 0 aliphatic heterocycles. The first kappa shape index (κ1) is 12.1. The quantitative estimate of drug-likeness (QED) is 0.864. The zero-order chi connectivity index (χ0) is 12.8. The van der Waals surface area contributed by atoms with E-state index in [4.69, 9.17) is 0 Å². The highest BCUT2D eigenvalue weighted by Crippen LogP contribution is 2.07. The van der Waals surface area contributed by atoms with Crippen molar-refractivity contribution in [3.05, 3.63) is 54.7 Å². The maximum absolute atomic E-state index is 11.9. The SMILES string of the molecule is CC(Nc1ccccn1)C(=O)Nc1ccccc1. The number of benzene rings is 1. The Kier molecular flexibility index (Phi) is 3.91. The van der Waals surface area contributed by atoms with Gasteiger partial charge in [-0.2, -0.15) is 0 Å². The normalized spacial score (nSPS) is 11.6. The van der Waals surface area contributed by atoms with Crippen molar-refractivity contribution in [3.63, 3.8) is 0 Å². The van der Waals surface area contributed by atoms with Crippen LogP contribution < -0.4 is 10.6 Å². The second-order valence-electron chi connectivity index (χ2n) is 3.94. The molecule has 0 fully saturated rings. The molecule has 1 heterocycles. The lowest BCUT2D eigenvalue weighted by molar-refractivity contribution is -0.116. The summed E-state index contributed by atoms with van der Waals surface area (Å²) in [4.78, 5) is 16.0. The van der Waals surface area contributed by atoms with Crippen molar-refractivity contribution >= 4 is 17.4 Å². The van der Waals surface area contributed by atoms with Gasteiger partial charge in [0.25, 0.3) is 0 Å². The van der Waals surface area contributed by atoms with Crippen LogP contribution in [-0.2, 0) is 4.79 Å². The number of amides is 1. The zero-order valence-electron chi connectivity index (χ0n) is 10.1. The molecule has 0 spiro atoms. The van der Waals surface area contributed by atoms with Gasteiger partial charge in [-0.15, -0.1) is 0 Å². The molecule has 0 saturated heterocycles. The number of hydrogen-bond donors (Lipinski definition) is 2. The van der Waals surface area contributed by atoms with Gasteiger partial charge in [0, 0.05) is 11.9 Å². The van der Waals surface area contributed by atoms with Crippen molar-refractivity contribution in [2.24, 2.45) is 0 Å². The van der Waals surface area contributed by atoms with Crippen LogP contribution in [-0.4, -0.2) is 16.9 Å². The van der Waals surface area contributed by atoms with Crippen LogP contribution in [0, 0.1) is 0 Å². The molecule has 0 saturated carbocycles. The summed E-state index contributed by atoms with van der Waals surface area (Å²) >= 11 is 0. The fourth-order valence-corrected chi connectivity index (χ4v) is 1.51. The molecule has 4 nitrogen and oxygen atoms in total. The molecule has 0 radical (unpaired) electrons. The summed E-state index contributed by atoms with van der Waals surface area (Å²) in [6.07, 6.45) is 1.68. The number of nitrogens with zero attached hydrogens (tertiary/aromatic N) is 1. The molecular formula is C14H15N3O. The number of carbonyl (C=O) groups excluding carboxylic acids is 1. The van der Waals surface area contributed by atoms with E-state index in [0.29, 0.717) is 5.82 Å². The van der Waals surface area contributed by atoms with Crippen LogP contribution in [0.15, 0.2) is 54.7 Å². The summed E-state index contributed by atoms with van der Waals surface area (Å²) in [5, 5.41) is 5.87. The number of anilines is 2. The number of pyridine rings is 1. The van der Waals surface area contributed by atoms with E-state index >= 15 is 0 Å². The van der Waals surface area contributed by atoms with E-state index in [2.05, 4.69) is 15.6 Å². The number of para-hydroxylation sites is 1. The van der Waals surface area contributed by atoms with Crippen molar-refractivity contribution in [1.29, 1.82) is 0 Å². The van der Waals surface area contributed by atoms with Crippen molar-refractivity contribution in [2.75, 3.05) is 10.6 Å². The Balaban J connectivity index is 1.93. The second-order valence-corrected chi connectivity index (χ2v) is 3.94. The minimum atomic E-state index is -0.347. The van der Waals surface area contributed by atoms with Crippen LogP contribution in [0.3, 0.4) is 0 Å². The third-order valence-corrected chi connectivity index (χ3v) is 2.46. The fraction of sp³-hybridized carbons (Fsp3) is 0.143. The van der Waals surface area contributed by atoms with Gasteiger partial charge in [0.05, 0.1) is 0 Å². The van der Waals surface area contributed by atoms with E-state index in [1.54, 1.807) is 13.1 Å². The third kappa shape index (κ3) is 3.31. The highest BCUT2D eigenvalue weighted by atomic mass is 16.2. The highest BCUT2D eigenvalue weighted by Gasteiger charge is 2.12. The number of carbonyl (C=O) groups is 1. The molecule has 2 aromatic rings. The monoisotopic (exact) mass is 241 g/mol. The standard InChI is InChI=1S/C14H15N3O/c1-11(16-13-9-5-6-10-15-13)14(18)17-12-7-3-2-4-8-12/h2-11H,1H3,(H,15,16)(H,17,18). The second kappa shape index (κ2) is 5.82. The lowest BCUT2D eigenvalue weighted by Gasteiger charge is -2.14. The molecule has 1 atom stereocenters. The van der Waals surface area contributed by atoms with Crippen LogP contribution in [0.1, 0.15) is 6.92 Å². The molecule has 1 amide bonds. The minimum Gasteiger partial charge on any atom is -0.359 e. The van der Waals surface area contributed by atoms with Crippen LogP contribution in [0.4, 0.5) is 11.5 Å².